The lowest BCUT2D eigenvalue weighted by Crippen LogP contribution is -2.17. The van der Waals surface area contributed by atoms with Crippen molar-refractivity contribution in [3.63, 3.8) is 0 Å². The van der Waals surface area contributed by atoms with Crippen molar-refractivity contribution in [3.8, 4) is 17.2 Å². The molecule has 5 N–H and O–H groups in total. The van der Waals surface area contributed by atoms with Crippen molar-refractivity contribution in [1.82, 2.24) is 0 Å². The number of nitrogens with two attached hydrogens (primary N) is 1. The smallest absolute Gasteiger partial charge is 0.335 e. The molecule has 0 unspecified atom stereocenters. The third-order valence-corrected chi connectivity index (χ3v) is 5.75. The second kappa shape index (κ2) is 14.2. The molecule has 224 valence electrons. The van der Waals surface area contributed by atoms with Crippen LogP contribution < -0.4 is 30.6 Å². The highest BCUT2D eigenvalue weighted by atomic mass is 16.5. The molecule has 0 radical (unpaired) electrons. The summed E-state index contributed by atoms with van der Waals surface area (Å²) in [5.74, 6) is -0.519. The summed E-state index contributed by atoms with van der Waals surface area (Å²) in [7, 11) is 0. The van der Waals surface area contributed by atoms with Crippen LogP contribution in [0.1, 0.15) is 72.6 Å². The van der Waals surface area contributed by atoms with Crippen LogP contribution in [-0.4, -0.2) is 42.2 Å². The summed E-state index contributed by atoms with van der Waals surface area (Å²) < 4.78 is 17.5. The van der Waals surface area contributed by atoms with E-state index in [0.717, 1.165) is 0 Å². The Kier molecular flexibility index (Phi) is 10.8. The first-order chi connectivity index (χ1) is 19.8. The van der Waals surface area contributed by atoms with Gasteiger partial charge in [0.1, 0.15) is 17.2 Å². The highest BCUT2D eigenvalue weighted by Gasteiger charge is 2.18. The SMILES string of the molecule is CC(C)COc1cc(C(=O)Nc2ccc(C(=O)Nc3ccc(C(=O)O)cc3OC(C)C)cc2OCC(C)C)ccc1N. The van der Waals surface area contributed by atoms with Gasteiger partial charge in [-0.25, -0.2) is 4.79 Å². The van der Waals surface area contributed by atoms with Gasteiger partial charge in [-0.1, -0.05) is 27.7 Å². The fraction of sp³-hybridized carbons (Fsp3) is 0.344. The van der Waals surface area contributed by atoms with Crippen molar-refractivity contribution in [1.29, 1.82) is 0 Å². The van der Waals surface area contributed by atoms with Crippen LogP contribution >= 0.6 is 0 Å². The van der Waals surface area contributed by atoms with Gasteiger partial charge in [0.15, 0.2) is 0 Å². The Hall–Kier alpha value is -4.73. The highest BCUT2D eigenvalue weighted by molar-refractivity contribution is 6.08. The van der Waals surface area contributed by atoms with E-state index < -0.39 is 17.8 Å². The number of carboxylic acid groups (broad SMARTS) is 1. The first-order valence-electron chi connectivity index (χ1n) is 13.8. The summed E-state index contributed by atoms with van der Waals surface area (Å²) in [5.41, 5.74) is 7.81. The molecule has 0 saturated heterocycles. The van der Waals surface area contributed by atoms with Gasteiger partial charge in [-0.3, -0.25) is 9.59 Å². The lowest BCUT2D eigenvalue weighted by molar-refractivity contribution is 0.0695. The molecule has 0 aliphatic rings. The largest absolute Gasteiger partial charge is 0.491 e. The summed E-state index contributed by atoms with van der Waals surface area (Å²) in [6.45, 7) is 12.4. The maximum Gasteiger partial charge on any atom is 0.335 e. The number of rotatable bonds is 13. The predicted molar refractivity (Wildman–Crippen MR) is 163 cm³/mol. The average molecular weight is 578 g/mol. The van der Waals surface area contributed by atoms with Gasteiger partial charge in [0.05, 0.1) is 41.9 Å². The Morgan fingerprint density at radius 1 is 0.690 bits per heavy atom. The normalized spacial score (nSPS) is 11.0. The monoisotopic (exact) mass is 577 g/mol. The number of benzene rings is 3. The zero-order valence-electron chi connectivity index (χ0n) is 24.8. The number of amides is 2. The minimum atomic E-state index is -1.11. The maximum absolute atomic E-state index is 13.2. The molecular weight excluding hydrogens is 538 g/mol. The van der Waals surface area contributed by atoms with Crippen molar-refractivity contribution < 1.29 is 33.7 Å². The average Bonchev–Trinajstić information content (AvgIpc) is 2.92. The quantitative estimate of drug-likeness (QED) is 0.172. The lowest BCUT2D eigenvalue weighted by Gasteiger charge is -2.17. The van der Waals surface area contributed by atoms with Gasteiger partial charge in [-0.05, 0) is 80.3 Å². The number of carbonyl (C=O) groups excluding carboxylic acids is 2. The molecule has 42 heavy (non-hydrogen) atoms. The van der Waals surface area contributed by atoms with Crippen LogP contribution in [0.4, 0.5) is 17.1 Å². The number of hydrogen-bond donors (Lipinski definition) is 4. The number of aromatic carboxylic acids is 1. The topological polar surface area (TPSA) is 149 Å². The van der Waals surface area contributed by atoms with E-state index in [1.807, 2.05) is 27.7 Å². The van der Waals surface area contributed by atoms with Crippen molar-refractivity contribution >= 4 is 34.8 Å². The number of ether oxygens (including phenoxy) is 3. The van der Waals surface area contributed by atoms with Crippen molar-refractivity contribution in [2.45, 2.75) is 47.6 Å². The Labute approximate surface area is 246 Å². The first-order valence-corrected chi connectivity index (χ1v) is 13.8. The van der Waals surface area contributed by atoms with Crippen LogP contribution in [0.5, 0.6) is 17.2 Å². The minimum Gasteiger partial charge on any atom is -0.491 e. The molecule has 0 aliphatic carbocycles. The van der Waals surface area contributed by atoms with Gasteiger partial charge < -0.3 is 35.7 Å². The maximum atomic E-state index is 13.2. The zero-order valence-corrected chi connectivity index (χ0v) is 24.8. The molecule has 3 aromatic rings. The molecule has 0 aromatic heterocycles. The molecule has 0 fully saturated rings. The fourth-order valence-electron chi connectivity index (χ4n) is 3.70. The summed E-state index contributed by atoms with van der Waals surface area (Å²) >= 11 is 0. The molecule has 0 bridgehead atoms. The third kappa shape index (κ3) is 8.89. The van der Waals surface area contributed by atoms with Gasteiger partial charge in [-0.15, -0.1) is 0 Å². The van der Waals surface area contributed by atoms with E-state index in [-0.39, 0.29) is 34.8 Å². The van der Waals surface area contributed by atoms with E-state index in [9.17, 15) is 19.5 Å². The molecule has 0 spiro atoms. The van der Waals surface area contributed by atoms with Crippen molar-refractivity contribution in [2.75, 3.05) is 29.6 Å². The summed E-state index contributed by atoms with van der Waals surface area (Å²) in [4.78, 5) is 37.8. The predicted octanol–water partition coefficient (Wildman–Crippen LogP) is 6.33. The number of anilines is 3. The van der Waals surface area contributed by atoms with E-state index in [4.69, 9.17) is 19.9 Å². The molecule has 3 aromatic carbocycles. The molecule has 2 amide bonds. The molecule has 3 rings (SSSR count). The van der Waals surface area contributed by atoms with E-state index in [0.29, 0.717) is 47.3 Å². The van der Waals surface area contributed by atoms with Crippen molar-refractivity contribution in [2.24, 2.45) is 11.8 Å². The number of carboxylic acids is 1. The number of nitrogen functional groups attached to an aromatic ring is 1. The van der Waals surface area contributed by atoms with Gasteiger partial charge in [0, 0.05) is 11.1 Å². The van der Waals surface area contributed by atoms with Crippen molar-refractivity contribution in [3.05, 3.63) is 71.3 Å². The number of carbonyl (C=O) groups is 3. The summed E-state index contributed by atoms with van der Waals surface area (Å²) in [6, 6.07) is 13.7. The summed E-state index contributed by atoms with van der Waals surface area (Å²) in [6.07, 6.45) is -0.248. The molecule has 0 atom stereocenters. The Morgan fingerprint density at radius 3 is 1.67 bits per heavy atom. The van der Waals surface area contributed by atoms with Crippen LogP contribution in [-0.2, 0) is 0 Å². The second-order valence-electron chi connectivity index (χ2n) is 11.0. The first kappa shape index (κ1) is 31.8. The van der Waals surface area contributed by atoms with E-state index in [1.54, 1.807) is 50.2 Å². The minimum absolute atomic E-state index is 0.0350. The number of nitrogens with one attached hydrogen (secondary N) is 2. The van der Waals surface area contributed by atoms with Gasteiger partial charge in [-0.2, -0.15) is 0 Å². The Bertz CT molecular complexity index is 1430. The van der Waals surface area contributed by atoms with Crippen LogP contribution in [0, 0.1) is 11.8 Å². The molecule has 0 aliphatic heterocycles. The zero-order chi connectivity index (χ0) is 31.0. The Morgan fingerprint density at radius 2 is 1.14 bits per heavy atom. The van der Waals surface area contributed by atoms with Crippen LogP contribution in [0.3, 0.4) is 0 Å². The molecule has 0 heterocycles. The van der Waals surface area contributed by atoms with Crippen LogP contribution in [0.2, 0.25) is 0 Å². The molecule has 10 nitrogen and oxygen atoms in total. The van der Waals surface area contributed by atoms with Gasteiger partial charge >= 0.3 is 5.97 Å². The van der Waals surface area contributed by atoms with Crippen LogP contribution in [0.25, 0.3) is 0 Å². The highest BCUT2D eigenvalue weighted by Crippen LogP contribution is 2.31. The van der Waals surface area contributed by atoms with E-state index >= 15 is 0 Å². The third-order valence-electron chi connectivity index (χ3n) is 5.75. The van der Waals surface area contributed by atoms with E-state index in [1.165, 1.54) is 18.2 Å². The van der Waals surface area contributed by atoms with Gasteiger partial charge in [0.25, 0.3) is 11.8 Å². The second-order valence-corrected chi connectivity index (χ2v) is 11.0. The van der Waals surface area contributed by atoms with Gasteiger partial charge in [0.2, 0.25) is 0 Å². The fourth-order valence-corrected chi connectivity index (χ4v) is 3.70. The molecular formula is C32H39N3O7. The molecule has 10 heteroatoms. The lowest BCUT2D eigenvalue weighted by atomic mass is 10.1. The molecule has 0 saturated carbocycles. The summed E-state index contributed by atoms with van der Waals surface area (Å²) in [5, 5.41) is 15.0. The van der Waals surface area contributed by atoms with Crippen LogP contribution in [0.15, 0.2) is 54.6 Å². The number of hydrogen-bond acceptors (Lipinski definition) is 7. The Balaban J connectivity index is 1.87. The van der Waals surface area contributed by atoms with E-state index in [2.05, 4.69) is 10.6 Å². The standard InChI is InChI=1S/C32H39N3O7/c1-18(2)16-40-27-13-21(7-10-24(27)33)30(36)34-25-11-8-22(14-28(25)41-17-19(3)4)31(37)35-26-12-9-23(32(38)39)15-29(26)42-20(5)6/h7-15,18-20H,16-17,33H2,1-6H3,(H,34,36)(H,35,37)(H,38,39).